The van der Waals surface area contributed by atoms with E-state index in [-0.39, 0.29) is 11.7 Å². The van der Waals surface area contributed by atoms with Crippen LogP contribution in [0.3, 0.4) is 0 Å². The molecule has 1 aliphatic carbocycles. The first-order valence-electron chi connectivity index (χ1n) is 11.3. The zero-order valence-electron chi connectivity index (χ0n) is 18.2. The van der Waals surface area contributed by atoms with E-state index in [0.29, 0.717) is 50.2 Å². The van der Waals surface area contributed by atoms with Crippen LogP contribution in [0.15, 0.2) is 29.4 Å². The van der Waals surface area contributed by atoms with E-state index in [1.165, 1.54) is 17.8 Å². The van der Waals surface area contributed by atoms with Crippen molar-refractivity contribution in [2.45, 2.75) is 30.6 Å². The third kappa shape index (κ3) is 4.92. The van der Waals surface area contributed by atoms with Gasteiger partial charge in [-0.05, 0) is 18.9 Å². The van der Waals surface area contributed by atoms with E-state index in [2.05, 4.69) is 24.6 Å². The standard InChI is InChI=1S/C22H29FN6O2S/c23-19-4-2-1-3-17(19)15-26-7-9-27(10-8-26)20(30)16-32-22-25-24-21(29(22)18-5-6-18)28-11-13-31-14-12-28/h1-4,18H,5-16H2. The molecule has 2 aliphatic heterocycles. The third-order valence-corrected chi connectivity index (χ3v) is 7.18. The van der Waals surface area contributed by atoms with Crippen LogP contribution in [0.2, 0.25) is 0 Å². The second-order valence-corrected chi connectivity index (χ2v) is 9.46. The Morgan fingerprint density at radius 3 is 2.53 bits per heavy atom. The van der Waals surface area contributed by atoms with Crippen LogP contribution < -0.4 is 4.90 Å². The van der Waals surface area contributed by atoms with Crippen molar-refractivity contribution in [3.63, 3.8) is 0 Å². The van der Waals surface area contributed by atoms with Crippen LogP contribution in [0.25, 0.3) is 0 Å². The third-order valence-electron chi connectivity index (χ3n) is 6.25. The van der Waals surface area contributed by atoms with Gasteiger partial charge in [-0.3, -0.25) is 14.3 Å². The number of carbonyl (C=O) groups excluding carboxylic acids is 1. The molecule has 0 radical (unpaired) electrons. The predicted molar refractivity (Wildman–Crippen MR) is 120 cm³/mol. The van der Waals surface area contributed by atoms with Crippen molar-refractivity contribution < 1.29 is 13.9 Å². The van der Waals surface area contributed by atoms with Crippen molar-refractivity contribution >= 4 is 23.6 Å². The lowest BCUT2D eigenvalue weighted by Gasteiger charge is -2.34. The Morgan fingerprint density at radius 1 is 1.06 bits per heavy atom. The van der Waals surface area contributed by atoms with Crippen LogP contribution >= 0.6 is 11.8 Å². The van der Waals surface area contributed by atoms with Gasteiger partial charge in [0.15, 0.2) is 5.16 Å². The molecule has 1 saturated carbocycles. The van der Waals surface area contributed by atoms with Crippen molar-refractivity contribution in [1.29, 1.82) is 0 Å². The molecule has 3 heterocycles. The Bertz CT molecular complexity index is 938. The monoisotopic (exact) mass is 460 g/mol. The molecule has 0 atom stereocenters. The van der Waals surface area contributed by atoms with Gasteiger partial charge in [0.1, 0.15) is 5.82 Å². The number of morpholine rings is 1. The molecule has 2 aromatic rings. The minimum absolute atomic E-state index is 0.124. The molecule has 3 fully saturated rings. The zero-order chi connectivity index (χ0) is 21.9. The second-order valence-electron chi connectivity index (χ2n) is 8.52. The summed E-state index contributed by atoms with van der Waals surface area (Å²) >= 11 is 1.48. The first-order chi connectivity index (χ1) is 15.7. The molecule has 0 unspecified atom stereocenters. The number of rotatable bonds is 7. The summed E-state index contributed by atoms with van der Waals surface area (Å²) in [5.41, 5.74) is 0.707. The molecule has 5 rings (SSSR count). The molecule has 32 heavy (non-hydrogen) atoms. The van der Waals surface area contributed by atoms with E-state index >= 15 is 0 Å². The lowest BCUT2D eigenvalue weighted by molar-refractivity contribution is -0.130. The predicted octanol–water partition coefficient (Wildman–Crippen LogP) is 2.03. The number of aromatic nitrogens is 3. The smallest absolute Gasteiger partial charge is 0.233 e. The highest BCUT2D eigenvalue weighted by Crippen LogP contribution is 2.41. The van der Waals surface area contributed by atoms with Gasteiger partial charge in [-0.25, -0.2) is 4.39 Å². The number of thioether (sulfide) groups is 1. The fraction of sp³-hybridized carbons (Fsp3) is 0.591. The number of hydrogen-bond donors (Lipinski definition) is 0. The van der Waals surface area contributed by atoms with Crippen LogP contribution in [0.1, 0.15) is 24.4 Å². The van der Waals surface area contributed by atoms with Crippen LogP contribution in [-0.4, -0.2) is 88.7 Å². The first kappa shape index (κ1) is 21.7. The molecule has 172 valence electrons. The fourth-order valence-electron chi connectivity index (χ4n) is 4.24. The van der Waals surface area contributed by atoms with Gasteiger partial charge in [0.25, 0.3) is 0 Å². The summed E-state index contributed by atoms with van der Waals surface area (Å²) in [5.74, 6) is 1.23. The fourth-order valence-corrected chi connectivity index (χ4v) is 5.14. The van der Waals surface area contributed by atoms with Crippen LogP contribution in [-0.2, 0) is 16.1 Å². The quantitative estimate of drug-likeness (QED) is 0.586. The van der Waals surface area contributed by atoms with Gasteiger partial charge in [-0.2, -0.15) is 0 Å². The molecule has 10 heteroatoms. The molecule has 0 spiro atoms. The Hall–Kier alpha value is -2.17. The van der Waals surface area contributed by atoms with E-state index in [0.717, 1.165) is 50.1 Å². The molecule has 1 amide bonds. The Balaban J connectivity index is 1.14. The highest BCUT2D eigenvalue weighted by Gasteiger charge is 2.32. The minimum Gasteiger partial charge on any atom is -0.378 e. The largest absolute Gasteiger partial charge is 0.378 e. The first-order valence-corrected chi connectivity index (χ1v) is 12.3. The summed E-state index contributed by atoms with van der Waals surface area (Å²) < 4.78 is 21.6. The van der Waals surface area contributed by atoms with Gasteiger partial charge in [0.2, 0.25) is 11.9 Å². The van der Waals surface area contributed by atoms with Crippen LogP contribution in [0, 0.1) is 5.82 Å². The molecule has 1 aromatic carbocycles. The summed E-state index contributed by atoms with van der Waals surface area (Å²) in [7, 11) is 0. The summed E-state index contributed by atoms with van der Waals surface area (Å²) in [6.07, 6.45) is 2.28. The molecule has 2 saturated heterocycles. The van der Waals surface area contributed by atoms with Gasteiger partial charge < -0.3 is 14.5 Å². The molecular weight excluding hydrogens is 431 g/mol. The maximum absolute atomic E-state index is 13.9. The van der Waals surface area contributed by atoms with Crippen molar-refractivity contribution in [3.8, 4) is 0 Å². The number of halogens is 1. The van der Waals surface area contributed by atoms with Crippen molar-refractivity contribution in [1.82, 2.24) is 24.6 Å². The number of carbonyl (C=O) groups is 1. The molecule has 0 bridgehead atoms. The average molecular weight is 461 g/mol. The topological polar surface area (TPSA) is 66.7 Å². The Labute approximate surface area is 191 Å². The van der Waals surface area contributed by atoms with E-state index < -0.39 is 0 Å². The molecule has 0 N–H and O–H groups in total. The summed E-state index contributed by atoms with van der Waals surface area (Å²) in [6.45, 7) is 6.50. The van der Waals surface area contributed by atoms with E-state index in [1.807, 2.05) is 17.0 Å². The second kappa shape index (κ2) is 9.76. The highest BCUT2D eigenvalue weighted by atomic mass is 32.2. The minimum atomic E-state index is -0.168. The maximum Gasteiger partial charge on any atom is 0.233 e. The van der Waals surface area contributed by atoms with Gasteiger partial charge in [0, 0.05) is 57.4 Å². The zero-order valence-corrected chi connectivity index (χ0v) is 19.0. The van der Waals surface area contributed by atoms with E-state index in [1.54, 1.807) is 6.07 Å². The van der Waals surface area contributed by atoms with Crippen LogP contribution in [0.5, 0.6) is 0 Å². The SMILES string of the molecule is O=C(CSc1nnc(N2CCOCC2)n1C1CC1)N1CCN(Cc2ccccc2F)CC1. The summed E-state index contributed by atoms with van der Waals surface area (Å²) in [4.78, 5) is 19.2. The van der Waals surface area contributed by atoms with Crippen molar-refractivity contribution in [2.75, 3.05) is 63.1 Å². The number of nitrogens with zero attached hydrogens (tertiary/aromatic N) is 6. The number of anilines is 1. The van der Waals surface area contributed by atoms with Gasteiger partial charge in [-0.15, -0.1) is 10.2 Å². The number of amides is 1. The Kier molecular flexibility index (Phi) is 6.61. The van der Waals surface area contributed by atoms with E-state index in [9.17, 15) is 9.18 Å². The summed E-state index contributed by atoms with van der Waals surface area (Å²) in [5, 5.41) is 9.70. The summed E-state index contributed by atoms with van der Waals surface area (Å²) in [6, 6.07) is 7.34. The van der Waals surface area contributed by atoms with Crippen LogP contribution in [0.4, 0.5) is 10.3 Å². The van der Waals surface area contributed by atoms with E-state index in [4.69, 9.17) is 4.74 Å². The average Bonchev–Trinajstić information content (AvgIpc) is 3.58. The number of hydrogen-bond acceptors (Lipinski definition) is 7. The highest BCUT2D eigenvalue weighted by molar-refractivity contribution is 7.99. The lowest BCUT2D eigenvalue weighted by Crippen LogP contribution is -2.48. The number of piperazine rings is 1. The van der Waals surface area contributed by atoms with Crippen molar-refractivity contribution in [3.05, 3.63) is 35.6 Å². The maximum atomic E-state index is 13.9. The Morgan fingerprint density at radius 2 is 1.81 bits per heavy atom. The van der Waals surface area contributed by atoms with Gasteiger partial charge in [-0.1, -0.05) is 30.0 Å². The number of benzene rings is 1. The van der Waals surface area contributed by atoms with Crippen molar-refractivity contribution in [2.24, 2.45) is 0 Å². The van der Waals surface area contributed by atoms with Gasteiger partial charge >= 0.3 is 0 Å². The lowest BCUT2D eigenvalue weighted by atomic mass is 10.2. The van der Waals surface area contributed by atoms with Gasteiger partial charge in [0.05, 0.1) is 19.0 Å². The normalized spacial score (nSPS) is 20.0. The molecule has 3 aliphatic rings. The molecule has 8 nitrogen and oxygen atoms in total. The number of ether oxygens (including phenoxy) is 1. The molecule has 1 aromatic heterocycles. The molecular formula is C22H29FN6O2S.